The lowest BCUT2D eigenvalue weighted by molar-refractivity contribution is -0.155. The van der Waals surface area contributed by atoms with Crippen LogP contribution in [0.1, 0.15) is 51.1 Å². The molecular formula is C17H25NO2. The molecular weight excluding hydrogens is 250 g/mol. The number of carbonyl (C=O) groups is 1. The number of nitrogens with zero attached hydrogens (tertiary/aromatic N) is 1. The molecule has 2 rings (SSSR count). The molecule has 3 heteroatoms. The Morgan fingerprint density at radius 1 is 1.20 bits per heavy atom. The lowest BCUT2D eigenvalue weighted by Crippen LogP contribution is -2.39. The smallest absolute Gasteiger partial charge is 0.328 e. The highest BCUT2D eigenvalue weighted by Crippen LogP contribution is 2.26. The van der Waals surface area contributed by atoms with Gasteiger partial charge < -0.3 is 4.74 Å². The van der Waals surface area contributed by atoms with Gasteiger partial charge in [-0.25, -0.2) is 4.79 Å². The van der Waals surface area contributed by atoms with Crippen LogP contribution in [0.3, 0.4) is 0 Å². The number of carbonyl (C=O) groups excluding carboxylic acids is 1. The molecule has 0 amide bonds. The molecule has 1 fully saturated rings. The van der Waals surface area contributed by atoms with Crippen LogP contribution in [-0.2, 0) is 9.53 Å². The normalized spacial score (nSPS) is 19.3. The molecule has 0 spiro atoms. The van der Waals surface area contributed by atoms with Crippen molar-refractivity contribution in [1.29, 1.82) is 0 Å². The highest BCUT2D eigenvalue weighted by molar-refractivity contribution is 5.77. The molecule has 3 nitrogen and oxygen atoms in total. The van der Waals surface area contributed by atoms with E-state index >= 15 is 0 Å². The van der Waals surface area contributed by atoms with Crippen LogP contribution < -0.4 is 0 Å². The molecule has 0 radical (unpaired) electrons. The quantitative estimate of drug-likeness (QED) is 0.770. The van der Waals surface area contributed by atoms with Gasteiger partial charge in [-0.05, 0) is 44.8 Å². The van der Waals surface area contributed by atoms with E-state index in [2.05, 4.69) is 4.90 Å². The molecule has 20 heavy (non-hydrogen) atoms. The van der Waals surface area contributed by atoms with E-state index in [1.807, 2.05) is 44.2 Å². The summed E-state index contributed by atoms with van der Waals surface area (Å²) in [6, 6.07) is 9.77. The molecule has 0 N–H and O–H groups in total. The van der Waals surface area contributed by atoms with Gasteiger partial charge in [-0.2, -0.15) is 0 Å². The number of hydrogen-bond donors (Lipinski definition) is 0. The number of hydrogen-bond acceptors (Lipinski definition) is 3. The summed E-state index contributed by atoms with van der Waals surface area (Å²) in [7, 11) is 0. The van der Waals surface area contributed by atoms with Crippen molar-refractivity contribution < 1.29 is 9.53 Å². The van der Waals surface area contributed by atoms with E-state index in [9.17, 15) is 4.79 Å². The van der Waals surface area contributed by atoms with Gasteiger partial charge in [0.15, 0.2) is 0 Å². The second kappa shape index (κ2) is 7.44. The van der Waals surface area contributed by atoms with Crippen molar-refractivity contribution in [2.45, 2.75) is 51.7 Å². The fraction of sp³-hybridized carbons (Fsp3) is 0.588. The average molecular weight is 275 g/mol. The Balaban J connectivity index is 2.17. The van der Waals surface area contributed by atoms with Gasteiger partial charge in [0.05, 0.1) is 6.10 Å². The zero-order valence-corrected chi connectivity index (χ0v) is 12.5. The Kier molecular flexibility index (Phi) is 5.60. The van der Waals surface area contributed by atoms with Crippen molar-refractivity contribution in [3.63, 3.8) is 0 Å². The fourth-order valence-corrected chi connectivity index (χ4v) is 2.65. The second-order valence-electron chi connectivity index (χ2n) is 5.57. The van der Waals surface area contributed by atoms with E-state index in [0.29, 0.717) is 0 Å². The number of rotatable bonds is 5. The summed E-state index contributed by atoms with van der Waals surface area (Å²) in [6.07, 6.45) is 4.43. The summed E-state index contributed by atoms with van der Waals surface area (Å²) in [6.45, 7) is 5.96. The van der Waals surface area contributed by atoms with Crippen molar-refractivity contribution in [2.75, 3.05) is 13.1 Å². The second-order valence-corrected chi connectivity index (χ2v) is 5.57. The molecule has 0 aromatic heterocycles. The van der Waals surface area contributed by atoms with Crippen molar-refractivity contribution in [2.24, 2.45) is 0 Å². The van der Waals surface area contributed by atoms with Crippen LogP contribution in [0, 0.1) is 0 Å². The SMILES string of the molecule is CCC(C)OC(=O)C(c1ccccc1)N1CCCCC1. The minimum atomic E-state index is -0.245. The van der Waals surface area contributed by atoms with Gasteiger partial charge in [0, 0.05) is 0 Å². The van der Waals surface area contributed by atoms with Crippen molar-refractivity contribution in [1.82, 2.24) is 4.90 Å². The standard InChI is InChI=1S/C17H25NO2/c1-3-14(2)20-17(19)16(15-10-6-4-7-11-15)18-12-8-5-9-13-18/h4,6-7,10-11,14,16H,3,5,8-9,12-13H2,1-2H3. The monoisotopic (exact) mass is 275 g/mol. The van der Waals surface area contributed by atoms with Crippen LogP contribution in [0.15, 0.2) is 30.3 Å². The van der Waals surface area contributed by atoms with Crippen molar-refractivity contribution in [3.8, 4) is 0 Å². The fourth-order valence-electron chi connectivity index (χ4n) is 2.65. The maximum atomic E-state index is 12.5. The summed E-state index contributed by atoms with van der Waals surface area (Å²) >= 11 is 0. The van der Waals surface area contributed by atoms with E-state index in [1.54, 1.807) is 0 Å². The molecule has 1 saturated heterocycles. The molecule has 1 aliphatic heterocycles. The van der Waals surface area contributed by atoms with Gasteiger partial charge in [-0.3, -0.25) is 4.90 Å². The summed E-state index contributed by atoms with van der Waals surface area (Å²) < 4.78 is 5.59. The van der Waals surface area contributed by atoms with Crippen LogP contribution >= 0.6 is 0 Å². The third kappa shape index (κ3) is 3.83. The number of esters is 1. The molecule has 1 aromatic carbocycles. The van der Waals surface area contributed by atoms with Crippen molar-refractivity contribution >= 4 is 5.97 Å². The highest BCUT2D eigenvalue weighted by Gasteiger charge is 2.30. The van der Waals surface area contributed by atoms with E-state index in [-0.39, 0.29) is 18.1 Å². The molecule has 0 saturated carbocycles. The Labute approximate surface area is 121 Å². The van der Waals surface area contributed by atoms with Gasteiger partial charge in [-0.15, -0.1) is 0 Å². The third-order valence-corrected chi connectivity index (χ3v) is 3.99. The first-order chi connectivity index (χ1) is 9.72. The van der Waals surface area contributed by atoms with E-state index in [4.69, 9.17) is 4.74 Å². The number of benzene rings is 1. The molecule has 1 aliphatic rings. The Bertz CT molecular complexity index is 412. The topological polar surface area (TPSA) is 29.5 Å². The predicted molar refractivity (Wildman–Crippen MR) is 80.5 cm³/mol. The molecule has 0 bridgehead atoms. The molecule has 1 heterocycles. The summed E-state index contributed by atoms with van der Waals surface area (Å²) in [5.41, 5.74) is 1.04. The van der Waals surface area contributed by atoms with Crippen LogP contribution in [0.5, 0.6) is 0 Å². The molecule has 1 aromatic rings. The van der Waals surface area contributed by atoms with E-state index < -0.39 is 0 Å². The predicted octanol–water partition coefficient (Wildman–Crippen LogP) is 3.56. The number of ether oxygens (including phenoxy) is 1. The van der Waals surface area contributed by atoms with Crippen LogP contribution in [-0.4, -0.2) is 30.1 Å². The Hall–Kier alpha value is -1.35. The Morgan fingerprint density at radius 2 is 1.85 bits per heavy atom. The largest absolute Gasteiger partial charge is 0.461 e. The zero-order chi connectivity index (χ0) is 14.4. The molecule has 0 aliphatic carbocycles. The Morgan fingerprint density at radius 3 is 2.45 bits per heavy atom. The molecule has 2 atom stereocenters. The summed E-state index contributed by atoms with van der Waals surface area (Å²) in [5.74, 6) is -0.104. The van der Waals surface area contributed by atoms with Crippen LogP contribution in [0.4, 0.5) is 0 Å². The number of piperidine rings is 1. The minimum absolute atomic E-state index is 0.0153. The average Bonchev–Trinajstić information content (AvgIpc) is 2.49. The highest BCUT2D eigenvalue weighted by atomic mass is 16.5. The van der Waals surface area contributed by atoms with E-state index in [1.165, 1.54) is 19.3 Å². The van der Waals surface area contributed by atoms with Gasteiger partial charge in [0.2, 0.25) is 0 Å². The minimum Gasteiger partial charge on any atom is -0.461 e. The lowest BCUT2D eigenvalue weighted by Gasteiger charge is -2.33. The van der Waals surface area contributed by atoms with Gasteiger partial charge in [0.1, 0.15) is 6.04 Å². The first-order valence-corrected chi connectivity index (χ1v) is 7.72. The van der Waals surface area contributed by atoms with Crippen LogP contribution in [0.25, 0.3) is 0 Å². The summed E-state index contributed by atoms with van der Waals surface area (Å²) in [4.78, 5) is 14.8. The molecule has 2 unspecified atom stereocenters. The lowest BCUT2D eigenvalue weighted by atomic mass is 10.0. The van der Waals surface area contributed by atoms with Gasteiger partial charge in [-0.1, -0.05) is 43.7 Å². The summed E-state index contributed by atoms with van der Waals surface area (Å²) in [5, 5.41) is 0. The number of likely N-dealkylation sites (tertiary alicyclic amines) is 1. The van der Waals surface area contributed by atoms with E-state index in [0.717, 1.165) is 25.1 Å². The zero-order valence-electron chi connectivity index (χ0n) is 12.5. The van der Waals surface area contributed by atoms with Gasteiger partial charge in [0.25, 0.3) is 0 Å². The third-order valence-electron chi connectivity index (χ3n) is 3.99. The molecule has 110 valence electrons. The van der Waals surface area contributed by atoms with Crippen molar-refractivity contribution in [3.05, 3.63) is 35.9 Å². The maximum Gasteiger partial charge on any atom is 0.328 e. The van der Waals surface area contributed by atoms with Gasteiger partial charge >= 0.3 is 5.97 Å². The van der Waals surface area contributed by atoms with Crippen LogP contribution in [0.2, 0.25) is 0 Å². The first kappa shape index (κ1) is 15.0. The maximum absolute atomic E-state index is 12.5. The first-order valence-electron chi connectivity index (χ1n) is 7.72.